The normalized spacial score (nSPS) is 12.1. The second-order valence-electron chi connectivity index (χ2n) is 6.56. The van der Waals surface area contributed by atoms with E-state index < -0.39 is 23.8 Å². The van der Waals surface area contributed by atoms with Gasteiger partial charge in [0.25, 0.3) is 11.8 Å². The lowest BCUT2D eigenvalue weighted by molar-refractivity contribution is -0.141. The maximum atomic E-state index is 12.9. The molecular formula is C23H19BrN2O5. The van der Waals surface area contributed by atoms with E-state index in [2.05, 4.69) is 26.6 Å². The Morgan fingerprint density at radius 3 is 2.35 bits per heavy atom. The number of aliphatic carboxylic acids is 1. The first-order valence-electron chi connectivity index (χ1n) is 9.32. The molecule has 2 amide bonds. The van der Waals surface area contributed by atoms with Gasteiger partial charge in [0, 0.05) is 17.0 Å². The molecule has 158 valence electrons. The number of carbonyl (C=O) groups is 3. The maximum Gasteiger partial charge on any atom is 0.326 e. The van der Waals surface area contributed by atoms with Crippen molar-refractivity contribution < 1.29 is 23.9 Å². The molecule has 8 heteroatoms. The Morgan fingerprint density at radius 1 is 1.00 bits per heavy atom. The minimum atomic E-state index is -1.19. The molecule has 1 heterocycles. The first-order chi connectivity index (χ1) is 14.9. The van der Waals surface area contributed by atoms with Crippen LogP contribution in [-0.4, -0.2) is 28.9 Å². The van der Waals surface area contributed by atoms with Gasteiger partial charge in [0.15, 0.2) is 0 Å². The van der Waals surface area contributed by atoms with Crippen molar-refractivity contribution >= 4 is 39.8 Å². The number of hydrogen-bond donors (Lipinski definition) is 3. The van der Waals surface area contributed by atoms with Crippen LogP contribution < -0.4 is 10.6 Å². The van der Waals surface area contributed by atoms with Gasteiger partial charge >= 0.3 is 5.97 Å². The predicted molar refractivity (Wildman–Crippen MR) is 118 cm³/mol. The third-order valence-electron chi connectivity index (χ3n) is 4.33. The lowest BCUT2D eigenvalue weighted by Crippen LogP contribution is -2.45. The highest BCUT2D eigenvalue weighted by Crippen LogP contribution is 2.16. The molecule has 0 aliphatic carbocycles. The van der Waals surface area contributed by atoms with Crippen LogP contribution in [0.3, 0.4) is 0 Å². The van der Waals surface area contributed by atoms with Gasteiger partial charge in [-0.25, -0.2) is 4.79 Å². The summed E-state index contributed by atoms with van der Waals surface area (Å²) in [4.78, 5) is 37.3. The largest absolute Gasteiger partial charge is 0.480 e. The average Bonchev–Trinajstić information content (AvgIpc) is 3.27. The van der Waals surface area contributed by atoms with Crippen LogP contribution in [0.15, 0.2) is 87.6 Å². The lowest BCUT2D eigenvalue weighted by Gasteiger charge is -2.17. The lowest BCUT2D eigenvalue weighted by atomic mass is 10.1. The first-order valence-corrected chi connectivity index (χ1v) is 10.1. The summed E-state index contributed by atoms with van der Waals surface area (Å²) in [5.74, 6) is -2.14. The molecule has 3 N–H and O–H groups in total. The van der Waals surface area contributed by atoms with Crippen molar-refractivity contribution in [2.24, 2.45) is 0 Å². The number of benzene rings is 2. The van der Waals surface area contributed by atoms with Gasteiger partial charge in [-0.2, -0.15) is 0 Å². The minimum absolute atomic E-state index is 0.0914. The van der Waals surface area contributed by atoms with E-state index in [9.17, 15) is 19.5 Å². The van der Waals surface area contributed by atoms with Crippen LogP contribution in [0, 0.1) is 0 Å². The number of halogens is 1. The number of furan rings is 1. The molecule has 3 aromatic rings. The molecule has 0 saturated heterocycles. The Kier molecular flexibility index (Phi) is 7.40. The molecule has 3 rings (SSSR count). The number of hydrogen-bond acceptors (Lipinski definition) is 4. The zero-order chi connectivity index (χ0) is 22.2. The summed E-state index contributed by atoms with van der Waals surface area (Å²) >= 11 is 3.30. The smallest absolute Gasteiger partial charge is 0.326 e. The fourth-order valence-corrected chi connectivity index (χ4v) is 3.26. The van der Waals surface area contributed by atoms with E-state index in [1.54, 1.807) is 60.7 Å². The molecule has 31 heavy (non-hydrogen) atoms. The van der Waals surface area contributed by atoms with E-state index in [-0.39, 0.29) is 12.1 Å². The molecule has 0 aliphatic heterocycles. The summed E-state index contributed by atoms with van der Waals surface area (Å²) in [5, 5.41) is 14.6. The highest BCUT2D eigenvalue weighted by Gasteiger charge is 2.24. The van der Waals surface area contributed by atoms with Crippen molar-refractivity contribution in [1.82, 2.24) is 10.6 Å². The van der Waals surface area contributed by atoms with E-state index in [4.69, 9.17) is 4.42 Å². The average molecular weight is 483 g/mol. The molecule has 0 aliphatic rings. The van der Waals surface area contributed by atoms with Crippen LogP contribution in [0.4, 0.5) is 0 Å². The van der Waals surface area contributed by atoms with Gasteiger partial charge in [0.1, 0.15) is 17.5 Å². The van der Waals surface area contributed by atoms with Crippen molar-refractivity contribution in [2.75, 3.05) is 0 Å². The van der Waals surface area contributed by atoms with Gasteiger partial charge < -0.3 is 20.2 Å². The Labute approximate surface area is 186 Å². The molecule has 1 atom stereocenters. The summed E-state index contributed by atoms with van der Waals surface area (Å²) in [7, 11) is 0. The second kappa shape index (κ2) is 10.4. The molecule has 7 nitrogen and oxygen atoms in total. The summed E-state index contributed by atoms with van der Waals surface area (Å²) in [6, 6.07) is 17.7. The first kappa shape index (κ1) is 22.0. The van der Waals surface area contributed by atoms with Crippen LogP contribution in [0.1, 0.15) is 21.7 Å². The number of rotatable bonds is 8. The molecule has 0 unspecified atom stereocenters. The monoisotopic (exact) mass is 482 g/mol. The summed E-state index contributed by atoms with van der Waals surface area (Å²) in [6.45, 7) is 0. The van der Waals surface area contributed by atoms with Crippen LogP contribution >= 0.6 is 15.9 Å². The van der Waals surface area contributed by atoms with Gasteiger partial charge in [-0.05, 0) is 45.8 Å². The minimum Gasteiger partial charge on any atom is -0.480 e. The van der Waals surface area contributed by atoms with E-state index in [0.29, 0.717) is 15.8 Å². The highest BCUT2D eigenvalue weighted by atomic mass is 79.9. The fraction of sp³-hybridized carbons (Fsp3) is 0.0870. The quantitative estimate of drug-likeness (QED) is 0.424. The molecule has 0 saturated carbocycles. The maximum absolute atomic E-state index is 12.9. The van der Waals surface area contributed by atoms with E-state index in [1.807, 2.05) is 6.07 Å². The Hall–Kier alpha value is -3.65. The predicted octanol–water partition coefficient (Wildman–Crippen LogP) is 3.63. The van der Waals surface area contributed by atoms with Crippen molar-refractivity contribution in [3.8, 4) is 0 Å². The zero-order valence-corrected chi connectivity index (χ0v) is 17.8. The van der Waals surface area contributed by atoms with Gasteiger partial charge in [0.2, 0.25) is 0 Å². The molecule has 2 aromatic carbocycles. The number of amides is 2. The summed E-state index contributed by atoms with van der Waals surface area (Å²) in [6.07, 6.45) is 2.85. The third kappa shape index (κ3) is 6.16. The Bertz CT molecular complexity index is 1090. The van der Waals surface area contributed by atoms with Crippen LogP contribution in [0.2, 0.25) is 0 Å². The Morgan fingerprint density at radius 2 is 1.71 bits per heavy atom. The van der Waals surface area contributed by atoms with Gasteiger partial charge in [-0.3, -0.25) is 9.59 Å². The van der Waals surface area contributed by atoms with Gasteiger partial charge in [0.05, 0.1) is 11.8 Å². The van der Waals surface area contributed by atoms with Crippen LogP contribution in [0.5, 0.6) is 0 Å². The molecular weight excluding hydrogens is 464 g/mol. The molecule has 1 aromatic heterocycles. The number of carboxylic acid groups (broad SMARTS) is 1. The third-order valence-corrected chi connectivity index (χ3v) is 5.02. The fourth-order valence-electron chi connectivity index (χ4n) is 2.79. The van der Waals surface area contributed by atoms with Crippen LogP contribution in [0.25, 0.3) is 6.08 Å². The molecule has 0 radical (unpaired) electrons. The van der Waals surface area contributed by atoms with Gasteiger partial charge in [-0.15, -0.1) is 0 Å². The molecule has 0 fully saturated rings. The zero-order valence-electron chi connectivity index (χ0n) is 16.2. The van der Waals surface area contributed by atoms with Gasteiger partial charge in [-0.1, -0.05) is 42.5 Å². The standard InChI is InChI=1S/C23H19BrN2O5/c24-18-11-5-4-10-17(18)21(27)25-19(14-16-9-6-12-31-16)22(28)26-20(23(29)30)13-15-7-2-1-3-8-15/h1-12,14,20H,13H2,(H,25,27)(H,26,28)(H,29,30)/b19-14+/t20-/m0/s1. The topological polar surface area (TPSA) is 109 Å². The summed E-state index contributed by atoms with van der Waals surface area (Å²) in [5.41, 5.74) is 0.929. The van der Waals surface area contributed by atoms with Crippen molar-refractivity contribution in [2.45, 2.75) is 12.5 Å². The number of carboxylic acids is 1. The summed E-state index contributed by atoms with van der Waals surface area (Å²) < 4.78 is 5.79. The van der Waals surface area contributed by atoms with Crippen LogP contribution in [-0.2, 0) is 16.0 Å². The van der Waals surface area contributed by atoms with Crippen molar-refractivity contribution in [1.29, 1.82) is 0 Å². The molecule has 0 bridgehead atoms. The molecule has 0 spiro atoms. The SMILES string of the molecule is O=C(N[C@@H](Cc1ccccc1)C(=O)O)/C(=C\c1ccco1)NC(=O)c1ccccc1Br. The second-order valence-corrected chi connectivity index (χ2v) is 7.42. The van der Waals surface area contributed by atoms with E-state index in [0.717, 1.165) is 5.56 Å². The highest BCUT2D eigenvalue weighted by molar-refractivity contribution is 9.10. The Balaban J connectivity index is 1.82. The van der Waals surface area contributed by atoms with Crippen molar-refractivity contribution in [3.05, 3.63) is 100 Å². The number of nitrogens with one attached hydrogen (secondary N) is 2. The van der Waals surface area contributed by atoms with Crippen molar-refractivity contribution in [3.63, 3.8) is 0 Å². The number of carbonyl (C=O) groups excluding carboxylic acids is 2. The van der Waals surface area contributed by atoms with E-state index in [1.165, 1.54) is 12.3 Å². The van der Waals surface area contributed by atoms with E-state index >= 15 is 0 Å².